The van der Waals surface area contributed by atoms with Crippen LogP contribution in [0, 0.1) is 12.8 Å². The zero-order valence-corrected chi connectivity index (χ0v) is 12.9. The van der Waals surface area contributed by atoms with Crippen LogP contribution in [0.25, 0.3) is 0 Å². The number of ether oxygens (including phenoxy) is 1. The van der Waals surface area contributed by atoms with Crippen molar-refractivity contribution < 1.29 is 9.53 Å². The fraction of sp³-hybridized carbons (Fsp3) is 0.533. The number of hydrogen-bond acceptors (Lipinski definition) is 3. The largest absolute Gasteiger partial charge is 0.496 e. The van der Waals surface area contributed by atoms with E-state index in [0.717, 1.165) is 42.8 Å². The van der Waals surface area contributed by atoms with Crippen LogP contribution in [0.3, 0.4) is 0 Å². The average molecular weight is 299 g/mol. The molecule has 1 aliphatic rings. The molecule has 4 nitrogen and oxygen atoms in total. The molecule has 1 saturated heterocycles. The Morgan fingerprint density at radius 2 is 2.10 bits per heavy atom. The lowest BCUT2D eigenvalue weighted by Crippen LogP contribution is -2.37. The summed E-state index contributed by atoms with van der Waals surface area (Å²) in [7, 11) is 1.67. The molecule has 0 radical (unpaired) electrons. The van der Waals surface area contributed by atoms with E-state index in [-0.39, 0.29) is 24.2 Å². The van der Waals surface area contributed by atoms with E-state index in [1.54, 1.807) is 7.11 Å². The van der Waals surface area contributed by atoms with Crippen LogP contribution in [0.15, 0.2) is 18.2 Å². The normalized spacial score (nSPS) is 15.3. The number of rotatable bonds is 4. The maximum atomic E-state index is 12.0. The van der Waals surface area contributed by atoms with Crippen LogP contribution in [0.4, 0.5) is 0 Å². The van der Waals surface area contributed by atoms with Gasteiger partial charge in [-0.2, -0.15) is 0 Å². The number of carbonyl (C=O) groups excluding carboxylic acids is 1. The third-order valence-electron chi connectivity index (χ3n) is 3.65. The second-order valence-corrected chi connectivity index (χ2v) is 5.05. The van der Waals surface area contributed by atoms with E-state index in [4.69, 9.17) is 4.74 Å². The molecule has 112 valence electrons. The lowest BCUT2D eigenvalue weighted by Gasteiger charge is -2.21. The number of methoxy groups -OCH3 is 1. The molecule has 2 rings (SSSR count). The first kappa shape index (κ1) is 16.8. The lowest BCUT2D eigenvalue weighted by atomic mass is 9.97. The molecule has 0 saturated carbocycles. The van der Waals surface area contributed by atoms with E-state index in [9.17, 15) is 4.79 Å². The van der Waals surface area contributed by atoms with Gasteiger partial charge >= 0.3 is 0 Å². The van der Waals surface area contributed by atoms with Gasteiger partial charge in [0.05, 0.1) is 7.11 Å². The van der Waals surface area contributed by atoms with E-state index >= 15 is 0 Å². The summed E-state index contributed by atoms with van der Waals surface area (Å²) in [5.74, 6) is 1.20. The fourth-order valence-electron chi connectivity index (χ4n) is 2.39. The quantitative estimate of drug-likeness (QED) is 0.894. The molecule has 1 aromatic rings. The molecule has 20 heavy (non-hydrogen) atoms. The highest BCUT2D eigenvalue weighted by Crippen LogP contribution is 2.19. The van der Waals surface area contributed by atoms with Crippen molar-refractivity contribution in [1.82, 2.24) is 10.6 Å². The number of halogens is 1. The molecule has 0 aliphatic carbocycles. The Morgan fingerprint density at radius 1 is 1.40 bits per heavy atom. The minimum absolute atomic E-state index is 0. The molecule has 0 spiro atoms. The Bertz CT molecular complexity index is 445. The first-order valence-corrected chi connectivity index (χ1v) is 6.82. The number of nitrogens with one attached hydrogen (secondary N) is 2. The minimum atomic E-state index is 0. The number of amides is 1. The lowest BCUT2D eigenvalue weighted by molar-refractivity contribution is -0.125. The van der Waals surface area contributed by atoms with Gasteiger partial charge in [-0.3, -0.25) is 4.79 Å². The summed E-state index contributed by atoms with van der Waals surface area (Å²) >= 11 is 0. The number of benzene rings is 1. The van der Waals surface area contributed by atoms with Gasteiger partial charge in [0.15, 0.2) is 0 Å². The van der Waals surface area contributed by atoms with Crippen molar-refractivity contribution in [3.8, 4) is 5.75 Å². The smallest absolute Gasteiger partial charge is 0.223 e. The molecule has 2 N–H and O–H groups in total. The highest BCUT2D eigenvalue weighted by Gasteiger charge is 2.20. The fourth-order valence-corrected chi connectivity index (χ4v) is 2.39. The number of carbonyl (C=O) groups is 1. The van der Waals surface area contributed by atoms with Crippen molar-refractivity contribution in [1.29, 1.82) is 0 Å². The number of hydrogen-bond donors (Lipinski definition) is 2. The molecule has 1 heterocycles. The Hall–Kier alpha value is -1.26. The van der Waals surface area contributed by atoms with Gasteiger partial charge in [-0.15, -0.1) is 12.4 Å². The van der Waals surface area contributed by atoms with E-state index < -0.39 is 0 Å². The molecule has 0 unspecified atom stereocenters. The van der Waals surface area contributed by atoms with Crippen LogP contribution < -0.4 is 15.4 Å². The summed E-state index contributed by atoms with van der Waals surface area (Å²) in [5.41, 5.74) is 2.18. The highest BCUT2D eigenvalue weighted by atomic mass is 35.5. The van der Waals surface area contributed by atoms with Crippen LogP contribution >= 0.6 is 12.4 Å². The third-order valence-corrected chi connectivity index (χ3v) is 3.65. The molecule has 1 aliphatic heterocycles. The molecule has 1 aromatic carbocycles. The predicted octanol–water partition coefficient (Wildman–Crippen LogP) is 2.04. The van der Waals surface area contributed by atoms with Crippen molar-refractivity contribution in [3.05, 3.63) is 29.3 Å². The summed E-state index contributed by atoms with van der Waals surface area (Å²) in [6, 6.07) is 6.03. The van der Waals surface area contributed by atoms with Gasteiger partial charge in [0.1, 0.15) is 5.75 Å². The Kier molecular flexibility index (Phi) is 6.82. The van der Waals surface area contributed by atoms with E-state index in [1.807, 2.05) is 25.1 Å². The van der Waals surface area contributed by atoms with Gasteiger partial charge in [0.2, 0.25) is 5.91 Å². The Labute approximate surface area is 126 Å². The van der Waals surface area contributed by atoms with Crippen LogP contribution in [0.2, 0.25) is 0 Å². The monoisotopic (exact) mass is 298 g/mol. The Morgan fingerprint density at radius 3 is 2.75 bits per heavy atom. The number of aryl methyl sites for hydroxylation is 1. The van der Waals surface area contributed by atoms with Gasteiger partial charge in [-0.25, -0.2) is 0 Å². The van der Waals surface area contributed by atoms with Crippen LogP contribution in [-0.4, -0.2) is 26.1 Å². The minimum Gasteiger partial charge on any atom is -0.496 e. The van der Waals surface area contributed by atoms with Crippen LogP contribution in [-0.2, 0) is 11.3 Å². The van der Waals surface area contributed by atoms with Gasteiger partial charge in [-0.05, 0) is 50.0 Å². The van der Waals surface area contributed by atoms with Gasteiger partial charge < -0.3 is 15.4 Å². The summed E-state index contributed by atoms with van der Waals surface area (Å²) in [6.45, 7) is 4.46. The van der Waals surface area contributed by atoms with Crippen LogP contribution in [0.1, 0.15) is 24.0 Å². The topological polar surface area (TPSA) is 50.4 Å². The molecular formula is C15H23ClN2O2. The zero-order chi connectivity index (χ0) is 13.7. The van der Waals surface area contributed by atoms with Gasteiger partial charge in [-0.1, -0.05) is 12.1 Å². The second kappa shape index (κ2) is 8.12. The van der Waals surface area contributed by atoms with Gasteiger partial charge in [0.25, 0.3) is 0 Å². The average Bonchev–Trinajstić information content (AvgIpc) is 2.47. The first-order valence-electron chi connectivity index (χ1n) is 6.82. The molecule has 1 fully saturated rings. The standard InChI is InChI=1S/C15H22N2O2.ClH/c1-11-3-4-12(9-14(11)19-2)10-17-15(18)13-5-7-16-8-6-13;/h3-4,9,13,16H,5-8,10H2,1-2H3,(H,17,18);1H. The molecule has 0 bridgehead atoms. The summed E-state index contributed by atoms with van der Waals surface area (Å²) in [5, 5.41) is 6.29. The first-order chi connectivity index (χ1) is 9.20. The maximum absolute atomic E-state index is 12.0. The SMILES string of the molecule is COc1cc(CNC(=O)C2CCNCC2)ccc1C.Cl. The van der Waals surface area contributed by atoms with Crippen molar-refractivity contribution >= 4 is 18.3 Å². The maximum Gasteiger partial charge on any atom is 0.223 e. The second-order valence-electron chi connectivity index (χ2n) is 5.05. The molecular weight excluding hydrogens is 276 g/mol. The van der Waals surface area contributed by atoms with E-state index in [2.05, 4.69) is 10.6 Å². The molecule has 0 aromatic heterocycles. The van der Waals surface area contributed by atoms with E-state index in [1.165, 1.54) is 0 Å². The van der Waals surface area contributed by atoms with E-state index in [0.29, 0.717) is 6.54 Å². The Balaban J connectivity index is 0.00000200. The zero-order valence-electron chi connectivity index (χ0n) is 12.1. The summed E-state index contributed by atoms with van der Waals surface area (Å²) in [4.78, 5) is 12.0. The van der Waals surface area contributed by atoms with Gasteiger partial charge in [0, 0.05) is 12.5 Å². The molecule has 1 amide bonds. The van der Waals surface area contributed by atoms with Crippen LogP contribution in [0.5, 0.6) is 5.75 Å². The number of piperidine rings is 1. The van der Waals surface area contributed by atoms with Crippen molar-refractivity contribution in [2.45, 2.75) is 26.3 Å². The van der Waals surface area contributed by atoms with Crippen molar-refractivity contribution in [2.75, 3.05) is 20.2 Å². The molecule has 0 atom stereocenters. The summed E-state index contributed by atoms with van der Waals surface area (Å²) in [6.07, 6.45) is 1.87. The van der Waals surface area contributed by atoms with Crippen molar-refractivity contribution in [2.24, 2.45) is 5.92 Å². The highest BCUT2D eigenvalue weighted by molar-refractivity contribution is 5.85. The molecule has 5 heteroatoms. The predicted molar refractivity (Wildman–Crippen MR) is 82.4 cm³/mol. The third kappa shape index (κ3) is 4.39. The summed E-state index contributed by atoms with van der Waals surface area (Å²) < 4.78 is 5.29. The van der Waals surface area contributed by atoms with Crippen molar-refractivity contribution in [3.63, 3.8) is 0 Å².